The van der Waals surface area contributed by atoms with Gasteiger partial charge in [0.2, 0.25) is 5.91 Å². The van der Waals surface area contributed by atoms with Gasteiger partial charge in [0.25, 0.3) is 5.91 Å². The first-order valence-electron chi connectivity index (χ1n) is 10.8. The topological polar surface area (TPSA) is 85.1 Å². The van der Waals surface area contributed by atoms with Crippen LogP contribution in [0.3, 0.4) is 0 Å². The van der Waals surface area contributed by atoms with Crippen molar-refractivity contribution in [2.75, 3.05) is 39.4 Å². The molecule has 0 bridgehead atoms. The van der Waals surface area contributed by atoms with Gasteiger partial charge in [0.05, 0.1) is 30.4 Å². The molecule has 2 aliphatic rings. The summed E-state index contributed by atoms with van der Waals surface area (Å²) in [4.78, 5) is 29.7. The Morgan fingerprint density at radius 3 is 2.71 bits per heavy atom. The predicted octanol–water partition coefficient (Wildman–Crippen LogP) is 2.58. The van der Waals surface area contributed by atoms with Crippen molar-refractivity contribution in [2.45, 2.75) is 33.3 Å². The molecule has 4 rings (SSSR count). The fourth-order valence-corrected chi connectivity index (χ4v) is 4.17. The van der Waals surface area contributed by atoms with Crippen molar-refractivity contribution in [1.82, 2.24) is 15.0 Å². The SMILES string of the molecule is Cc1noc(C)c1COc1cccc(C(=O)N2CCCC(C(=O)N3CCOCC3)C2)c1. The Hall–Kier alpha value is -2.87. The van der Waals surface area contributed by atoms with Gasteiger partial charge >= 0.3 is 0 Å². The second-order valence-corrected chi connectivity index (χ2v) is 8.15. The molecule has 1 atom stereocenters. The number of benzene rings is 1. The highest BCUT2D eigenvalue weighted by atomic mass is 16.5. The number of amides is 2. The Bertz CT molecular complexity index is 916. The minimum Gasteiger partial charge on any atom is -0.489 e. The summed E-state index contributed by atoms with van der Waals surface area (Å²) in [5, 5.41) is 3.94. The molecule has 2 aliphatic heterocycles. The van der Waals surface area contributed by atoms with E-state index in [-0.39, 0.29) is 17.7 Å². The molecule has 1 unspecified atom stereocenters. The van der Waals surface area contributed by atoms with E-state index in [1.807, 2.05) is 30.9 Å². The number of ether oxygens (including phenoxy) is 2. The number of nitrogens with zero attached hydrogens (tertiary/aromatic N) is 3. The molecule has 2 amide bonds. The first kappa shape index (κ1) is 21.4. The van der Waals surface area contributed by atoms with Gasteiger partial charge in [-0.15, -0.1) is 0 Å². The number of carbonyl (C=O) groups excluding carboxylic acids is 2. The molecule has 1 aromatic heterocycles. The minimum atomic E-state index is -0.144. The quantitative estimate of drug-likeness (QED) is 0.729. The molecule has 0 saturated carbocycles. The van der Waals surface area contributed by atoms with Crippen molar-refractivity contribution in [2.24, 2.45) is 5.92 Å². The van der Waals surface area contributed by atoms with Crippen molar-refractivity contribution in [1.29, 1.82) is 0 Å². The van der Waals surface area contributed by atoms with Gasteiger partial charge in [0.1, 0.15) is 18.1 Å². The molecule has 3 heterocycles. The molecule has 0 spiro atoms. The molecule has 1 aromatic carbocycles. The first-order chi connectivity index (χ1) is 15.0. The fraction of sp³-hybridized carbons (Fsp3) is 0.522. The molecule has 8 nitrogen and oxygen atoms in total. The molecule has 0 aliphatic carbocycles. The summed E-state index contributed by atoms with van der Waals surface area (Å²) in [6, 6.07) is 7.19. The number of aryl methyl sites for hydroxylation is 2. The van der Waals surface area contributed by atoms with Gasteiger partial charge in [-0.2, -0.15) is 0 Å². The van der Waals surface area contributed by atoms with E-state index in [2.05, 4.69) is 5.16 Å². The highest BCUT2D eigenvalue weighted by Gasteiger charge is 2.32. The standard InChI is InChI=1S/C23H29N3O5/c1-16-21(17(2)31-24-16)15-30-20-7-3-5-18(13-20)22(27)26-8-4-6-19(14-26)23(28)25-9-11-29-12-10-25/h3,5,7,13,19H,4,6,8-12,14-15H2,1-2H3. The van der Waals surface area contributed by atoms with E-state index in [0.29, 0.717) is 57.3 Å². The average Bonchev–Trinajstić information content (AvgIpc) is 3.14. The van der Waals surface area contributed by atoms with E-state index in [1.54, 1.807) is 17.0 Å². The van der Waals surface area contributed by atoms with Gasteiger partial charge in [0, 0.05) is 31.7 Å². The average molecular weight is 428 g/mol. The maximum absolute atomic E-state index is 13.1. The third-order valence-corrected chi connectivity index (χ3v) is 6.03. The van der Waals surface area contributed by atoms with Gasteiger partial charge in [-0.1, -0.05) is 11.2 Å². The maximum atomic E-state index is 13.1. The van der Waals surface area contributed by atoms with E-state index in [4.69, 9.17) is 14.0 Å². The Morgan fingerprint density at radius 1 is 1.16 bits per heavy atom. The number of aromatic nitrogens is 1. The van der Waals surface area contributed by atoms with Crippen LogP contribution in [0.15, 0.2) is 28.8 Å². The van der Waals surface area contributed by atoms with Crippen LogP contribution >= 0.6 is 0 Å². The van der Waals surface area contributed by atoms with E-state index in [0.717, 1.165) is 29.9 Å². The minimum absolute atomic E-state index is 0.0673. The van der Waals surface area contributed by atoms with Gasteiger partial charge in [-0.25, -0.2) is 0 Å². The van der Waals surface area contributed by atoms with Crippen LogP contribution in [0.5, 0.6) is 5.75 Å². The molecule has 8 heteroatoms. The number of morpholine rings is 1. The normalized spacial score (nSPS) is 19.4. The van der Waals surface area contributed by atoms with E-state index >= 15 is 0 Å². The van der Waals surface area contributed by atoms with E-state index < -0.39 is 0 Å². The zero-order valence-electron chi connectivity index (χ0n) is 18.1. The molecule has 31 heavy (non-hydrogen) atoms. The summed E-state index contributed by atoms with van der Waals surface area (Å²) in [7, 11) is 0. The van der Waals surface area contributed by atoms with Crippen molar-refractivity contribution in [3.05, 3.63) is 46.8 Å². The second kappa shape index (κ2) is 9.51. The molecule has 0 N–H and O–H groups in total. The maximum Gasteiger partial charge on any atom is 0.254 e. The number of piperidine rings is 1. The van der Waals surface area contributed by atoms with Crippen molar-refractivity contribution >= 4 is 11.8 Å². The van der Waals surface area contributed by atoms with Crippen LogP contribution in [0.25, 0.3) is 0 Å². The van der Waals surface area contributed by atoms with Crippen molar-refractivity contribution < 1.29 is 23.6 Å². The highest BCUT2D eigenvalue weighted by Crippen LogP contribution is 2.23. The number of rotatable bonds is 5. The van der Waals surface area contributed by atoms with Gasteiger partial charge in [-0.05, 0) is 44.9 Å². The van der Waals surface area contributed by atoms with Crippen LogP contribution in [0.2, 0.25) is 0 Å². The Kier molecular flexibility index (Phi) is 6.56. The van der Waals surface area contributed by atoms with E-state index in [9.17, 15) is 9.59 Å². The summed E-state index contributed by atoms with van der Waals surface area (Å²) in [5.41, 5.74) is 2.28. The molecular formula is C23H29N3O5. The number of hydrogen-bond acceptors (Lipinski definition) is 6. The van der Waals surface area contributed by atoms with Crippen molar-refractivity contribution in [3.8, 4) is 5.75 Å². The van der Waals surface area contributed by atoms with Gasteiger partial charge in [0.15, 0.2) is 0 Å². The van der Waals surface area contributed by atoms with Gasteiger partial charge in [-0.3, -0.25) is 9.59 Å². The molecule has 0 radical (unpaired) electrons. The number of hydrogen-bond donors (Lipinski definition) is 0. The van der Waals surface area contributed by atoms with E-state index in [1.165, 1.54) is 0 Å². The lowest BCUT2D eigenvalue weighted by Crippen LogP contribution is -2.49. The van der Waals surface area contributed by atoms with Crippen LogP contribution < -0.4 is 4.74 Å². The number of carbonyl (C=O) groups is 2. The fourth-order valence-electron chi connectivity index (χ4n) is 4.17. The third-order valence-electron chi connectivity index (χ3n) is 6.03. The first-order valence-corrected chi connectivity index (χ1v) is 10.8. The Labute approximate surface area is 182 Å². The third kappa shape index (κ3) is 4.90. The van der Waals surface area contributed by atoms with Gasteiger partial charge < -0.3 is 23.8 Å². The second-order valence-electron chi connectivity index (χ2n) is 8.15. The number of likely N-dealkylation sites (tertiary alicyclic amines) is 1. The molecule has 2 fully saturated rings. The lowest BCUT2D eigenvalue weighted by Gasteiger charge is -2.36. The summed E-state index contributed by atoms with van der Waals surface area (Å²) in [6.45, 7) is 7.61. The van der Waals surface area contributed by atoms with Crippen LogP contribution in [0.4, 0.5) is 0 Å². The molecule has 166 valence electrons. The summed E-state index contributed by atoms with van der Waals surface area (Å²) < 4.78 is 16.4. The Morgan fingerprint density at radius 2 is 1.97 bits per heavy atom. The van der Waals surface area contributed by atoms with Crippen LogP contribution in [0, 0.1) is 19.8 Å². The molecule has 2 saturated heterocycles. The lowest BCUT2D eigenvalue weighted by atomic mass is 9.95. The molecular weight excluding hydrogens is 398 g/mol. The Balaban J connectivity index is 1.39. The summed E-state index contributed by atoms with van der Waals surface area (Å²) >= 11 is 0. The monoisotopic (exact) mass is 427 g/mol. The molecule has 2 aromatic rings. The summed E-state index contributed by atoms with van der Waals surface area (Å²) in [5.74, 6) is 1.27. The largest absolute Gasteiger partial charge is 0.489 e. The lowest BCUT2D eigenvalue weighted by molar-refractivity contribution is -0.141. The van der Waals surface area contributed by atoms with Crippen LogP contribution in [-0.2, 0) is 16.1 Å². The zero-order valence-corrected chi connectivity index (χ0v) is 18.1. The summed E-state index contributed by atoms with van der Waals surface area (Å²) in [6.07, 6.45) is 1.65. The zero-order chi connectivity index (χ0) is 21.8. The van der Waals surface area contributed by atoms with Crippen LogP contribution in [0.1, 0.15) is 40.2 Å². The smallest absolute Gasteiger partial charge is 0.254 e. The van der Waals surface area contributed by atoms with Crippen LogP contribution in [-0.4, -0.2) is 66.2 Å². The highest BCUT2D eigenvalue weighted by molar-refractivity contribution is 5.95. The van der Waals surface area contributed by atoms with Crippen molar-refractivity contribution in [3.63, 3.8) is 0 Å². The predicted molar refractivity (Wildman–Crippen MR) is 113 cm³/mol.